The molecule has 0 radical (unpaired) electrons. The number of nitriles is 1. The Morgan fingerprint density at radius 1 is 1.38 bits per heavy atom. The highest BCUT2D eigenvalue weighted by molar-refractivity contribution is 5.67. The molecule has 2 rings (SSSR count). The number of morpholine rings is 1. The fourth-order valence-corrected chi connectivity index (χ4v) is 2.50. The third-order valence-electron chi connectivity index (χ3n) is 3.82. The summed E-state index contributed by atoms with van der Waals surface area (Å²) >= 11 is 0. The van der Waals surface area contributed by atoms with Crippen LogP contribution in [0.5, 0.6) is 5.75 Å². The first kappa shape index (κ1) is 18.2. The van der Waals surface area contributed by atoms with E-state index < -0.39 is 0 Å². The average Bonchev–Trinajstić information content (AvgIpc) is 2.59. The molecule has 0 atom stereocenters. The van der Waals surface area contributed by atoms with E-state index in [2.05, 4.69) is 16.0 Å². The smallest absolute Gasteiger partial charge is 0.123 e. The van der Waals surface area contributed by atoms with Crippen molar-refractivity contribution in [3.05, 3.63) is 23.3 Å². The van der Waals surface area contributed by atoms with Gasteiger partial charge in [0.15, 0.2) is 0 Å². The van der Waals surface area contributed by atoms with Crippen molar-refractivity contribution in [3.63, 3.8) is 0 Å². The molecule has 1 fully saturated rings. The maximum Gasteiger partial charge on any atom is 0.123 e. The Balaban J connectivity index is 1.91. The van der Waals surface area contributed by atoms with Crippen molar-refractivity contribution in [1.29, 1.82) is 5.26 Å². The summed E-state index contributed by atoms with van der Waals surface area (Å²) in [6.45, 7) is 7.27. The summed E-state index contributed by atoms with van der Waals surface area (Å²) in [7, 11) is 3.79. The highest BCUT2D eigenvalue weighted by Crippen LogP contribution is 2.28. The molecule has 1 aromatic carbocycles. The standard InChI is InChI=1S/C18H26N4O2/c1-15-11-17(20-14-21(2)3)16(13-19)12-18(15)24-8-4-5-22-6-9-23-10-7-22/h11-12,14H,4-10H2,1-3H3. The van der Waals surface area contributed by atoms with Crippen LogP contribution in [0.15, 0.2) is 17.1 Å². The number of nitrogens with zero attached hydrogens (tertiary/aromatic N) is 4. The molecular weight excluding hydrogens is 304 g/mol. The van der Waals surface area contributed by atoms with Crippen molar-refractivity contribution in [2.75, 3.05) is 53.6 Å². The summed E-state index contributed by atoms with van der Waals surface area (Å²) in [5.74, 6) is 0.761. The molecule has 0 aromatic heterocycles. The van der Waals surface area contributed by atoms with E-state index in [1.54, 1.807) is 12.4 Å². The number of rotatable bonds is 7. The van der Waals surface area contributed by atoms with Gasteiger partial charge in [-0.25, -0.2) is 4.99 Å². The van der Waals surface area contributed by atoms with Crippen molar-refractivity contribution in [3.8, 4) is 11.8 Å². The van der Waals surface area contributed by atoms with Crippen LogP contribution in [0.3, 0.4) is 0 Å². The SMILES string of the molecule is Cc1cc(N=CN(C)C)c(C#N)cc1OCCCN1CCOCC1. The second-order valence-electron chi connectivity index (χ2n) is 6.11. The van der Waals surface area contributed by atoms with Crippen LogP contribution in [0.4, 0.5) is 5.69 Å². The van der Waals surface area contributed by atoms with Gasteiger partial charge in [-0.05, 0) is 25.0 Å². The number of hydrogen-bond acceptors (Lipinski definition) is 5. The molecule has 0 bridgehead atoms. The first-order valence-electron chi connectivity index (χ1n) is 8.28. The first-order valence-corrected chi connectivity index (χ1v) is 8.28. The minimum atomic E-state index is 0.530. The van der Waals surface area contributed by atoms with Gasteiger partial charge in [0.2, 0.25) is 0 Å². The molecule has 0 unspecified atom stereocenters. The molecule has 0 spiro atoms. The Hall–Kier alpha value is -2.10. The van der Waals surface area contributed by atoms with Gasteiger partial charge in [0, 0.05) is 39.8 Å². The topological polar surface area (TPSA) is 61.1 Å². The molecule has 1 aliphatic heterocycles. The van der Waals surface area contributed by atoms with Gasteiger partial charge < -0.3 is 14.4 Å². The third-order valence-corrected chi connectivity index (χ3v) is 3.82. The lowest BCUT2D eigenvalue weighted by molar-refractivity contribution is 0.0358. The van der Waals surface area contributed by atoms with Crippen LogP contribution in [0.25, 0.3) is 0 Å². The molecule has 1 heterocycles. The quantitative estimate of drug-likeness (QED) is 0.436. The predicted octanol–water partition coefficient (Wildman–Crippen LogP) is 2.19. The lowest BCUT2D eigenvalue weighted by Gasteiger charge is -2.26. The average molecular weight is 330 g/mol. The zero-order valence-corrected chi connectivity index (χ0v) is 14.8. The Kier molecular flexibility index (Phi) is 7.04. The predicted molar refractivity (Wildman–Crippen MR) is 95.1 cm³/mol. The molecular formula is C18H26N4O2. The van der Waals surface area contributed by atoms with E-state index >= 15 is 0 Å². The van der Waals surface area contributed by atoms with Gasteiger partial charge in [0.25, 0.3) is 0 Å². The zero-order valence-electron chi connectivity index (χ0n) is 14.8. The number of benzene rings is 1. The van der Waals surface area contributed by atoms with Gasteiger partial charge in [-0.1, -0.05) is 0 Å². The Bertz CT molecular complexity index is 602. The number of aliphatic imine (C=N–C) groups is 1. The van der Waals surface area contributed by atoms with Crippen LogP contribution in [0, 0.1) is 18.3 Å². The van der Waals surface area contributed by atoms with Crippen LogP contribution >= 0.6 is 0 Å². The molecule has 0 aliphatic carbocycles. The maximum atomic E-state index is 9.33. The van der Waals surface area contributed by atoms with Gasteiger partial charge >= 0.3 is 0 Å². The molecule has 0 amide bonds. The summed E-state index contributed by atoms with van der Waals surface area (Å²) in [4.78, 5) is 8.57. The van der Waals surface area contributed by atoms with Gasteiger partial charge in [0.1, 0.15) is 11.8 Å². The van der Waals surface area contributed by atoms with E-state index in [1.807, 2.05) is 32.0 Å². The summed E-state index contributed by atoms with van der Waals surface area (Å²) in [6.07, 6.45) is 2.65. The molecule has 6 nitrogen and oxygen atoms in total. The van der Waals surface area contributed by atoms with E-state index in [-0.39, 0.29) is 0 Å². The molecule has 0 N–H and O–H groups in total. The second kappa shape index (κ2) is 9.26. The van der Waals surface area contributed by atoms with Crippen LogP contribution < -0.4 is 4.74 Å². The summed E-state index contributed by atoms with van der Waals surface area (Å²) in [5.41, 5.74) is 2.19. The van der Waals surface area contributed by atoms with E-state index in [0.29, 0.717) is 17.9 Å². The first-order chi connectivity index (χ1) is 11.6. The Morgan fingerprint density at radius 3 is 2.79 bits per heavy atom. The molecule has 24 heavy (non-hydrogen) atoms. The largest absolute Gasteiger partial charge is 0.493 e. The lowest BCUT2D eigenvalue weighted by atomic mass is 10.1. The molecule has 0 saturated carbocycles. The van der Waals surface area contributed by atoms with Crippen molar-refractivity contribution < 1.29 is 9.47 Å². The lowest BCUT2D eigenvalue weighted by Crippen LogP contribution is -2.37. The second-order valence-corrected chi connectivity index (χ2v) is 6.11. The summed E-state index contributed by atoms with van der Waals surface area (Å²) in [5, 5.41) is 9.33. The highest BCUT2D eigenvalue weighted by atomic mass is 16.5. The number of ether oxygens (including phenoxy) is 2. The van der Waals surface area contributed by atoms with Crippen LogP contribution in [0.2, 0.25) is 0 Å². The van der Waals surface area contributed by atoms with Gasteiger partial charge in [0.05, 0.1) is 37.4 Å². The van der Waals surface area contributed by atoms with E-state index in [4.69, 9.17) is 9.47 Å². The van der Waals surface area contributed by atoms with Crippen molar-refractivity contribution >= 4 is 12.0 Å². The van der Waals surface area contributed by atoms with E-state index in [9.17, 15) is 5.26 Å². The number of hydrogen-bond donors (Lipinski definition) is 0. The van der Waals surface area contributed by atoms with Gasteiger partial charge in [-0.15, -0.1) is 0 Å². The van der Waals surface area contributed by atoms with Crippen molar-refractivity contribution in [2.45, 2.75) is 13.3 Å². The third kappa shape index (κ3) is 5.52. The fourth-order valence-electron chi connectivity index (χ4n) is 2.50. The van der Waals surface area contributed by atoms with Gasteiger partial charge in [-0.2, -0.15) is 5.26 Å². The molecule has 6 heteroatoms. The van der Waals surface area contributed by atoms with Crippen molar-refractivity contribution in [1.82, 2.24) is 9.80 Å². The minimum absolute atomic E-state index is 0.530. The highest BCUT2D eigenvalue weighted by Gasteiger charge is 2.11. The minimum Gasteiger partial charge on any atom is -0.493 e. The molecule has 1 aromatic rings. The molecule has 1 saturated heterocycles. The van der Waals surface area contributed by atoms with Crippen LogP contribution in [-0.4, -0.2) is 69.7 Å². The van der Waals surface area contributed by atoms with Crippen LogP contribution in [0.1, 0.15) is 17.5 Å². The Morgan fingerprint density at radius 2 is 2.12 bits per heavy atom. The Labute approximate surface area is 144 Å². The van der Waals surface area contributed by atoms with Gasteiger partial charge in [-0.3, -0.25) is 4.90 Å². The van der Waals surface area contributed by atoms with Crippen molar-refractivity contribution in [2.24, 2.45) is 4.99 Å². The molecule has 130 valence electrons. The monoisotopic (exact) mass is 330 g/mol. The normalized spacial score (nSPS) is 15.4. The fraction of sp³-hybridized carbons (Fsp3) is 0.556. The van der Waals surface area contributed by atoms with E-state index in [0.717, 1.165) is 50.6 Å². The summed E-state index contributed by atoms with van der Waals surface area (Å²) < 4.78 is 11.2. The number of aryl methyl sites for hydroxylation is 1. The summed E-state index contributed by atoms with van der Waals surface area (Å²) in [6, 6.07) is 5.88. The van der Waals surface area contributed by atoms with Crippen LogP contribution in [-0.2, 0) is 4.74 Å². The zero-order chi connectivity index (χ0) is 17.4. The molecule has 1 aliphatic rings. The maximum absolute atomic E-state index is 9.33. The van der Waals surface area contributed by atoms with E-state index in [1.165, 1.54) is 0 Å².